The molecule has 2 atom stereocenters. The molecule has 2 heterocycles. The quantitative estimate of drug-likeness (QED) is 0.839. The number of nitrogens with one attached hydrogen (secondary N) is 1. The molecule has 2 rings (SSSR count). The number of nitrogens with zero attached hydrogens (tertiary/aromatic N) is 3. The summed E-state index contributed by atoms with van der Waals surface area (Å²) >= 11 is 0. The Morgan fingerprint density at radius 2 is 2.28 bits per heavy atom. The largest absolute Gasteiger partial charge is 0.342 e. The molecular weight excluding hydrogens is 232 g/mol. The molecule has 1 fully saturated rings. The Morgan fingerprint density at radius 1 is 1.56 bits per heavy atom. The molecule has 1 N–H and O–H groups in total. The zero-order valence-corrected chi connectivity index (χ0v) is 10.9. The van der Waals surface area contributed by atoms with Gasteiger partial charge in [-0.3, -0.25) is 19.2 Å². The lowest BCUT2D eigenvalue weighted by Gasteiger charge is -2.33. The molecule has 1 saturated heterocycles. The van der Waals surface area contributed by atoms with E-state index in [9.17, 15) is 9.59 Å². The van der Waals surface area contributed by atoms with Gasteiger partial charge in [0.15, 0.2) is 5.82 Å². The molecule has 6 nitrogen and oxygen atoms in total. The summed E-state index contributed by atoms with van der Waals surface area (Å²) in [4.78, 5) is 25.5. The van der Waals surface area contributed by atoms with E-state index in [1.54, 1.807) is 24.0 Å². The molecule has 0 radical (unpaired) electrons. The first kappa shape index (κ1) is 12.6. The maximum absolute atomic E-state index is 12.3. The van der Waals surface area contributed by atoms with Crippen LogP contribution < -0.4 is 10.2 Å². The van der Waals surface area contributed by atoms with E-state index in [4.69, 9.17) is 0 Å². The molecule has 0 aromatic carbocycles. The molecule has 1 aliphatic heterocycles. The number of piperazine rings is 1. The second-order valence-electron chi connectivity index (χ2n) is 4.70. The molecular formula is C12H18N4O2. The maximum atomic E-state index is 12.3. The number of aryl methyl sites for hydroxylation is 1. The summed E-state index contributed by atoms with van der Waals surface area (Å²) in [5.74, 6) is 0.437. The van der Waals surface area contributed by atoms with Crippen molar-refractivity contribution in [2.45, 2.75) is 26.3 Å². The monoisotopic (exact) mass is 250 g/mol. The van der Waals surface area contributed by atoms with Gasteiger partial charge < -0.3 is 5.32 Å². The molecule has 1 aliphatic rings. The van der Waals surface area contributed by atoms with Crippen LogP contribution in [-0.4, -0.2) is 34.2 Å². The van der Waals surface area contributed by atoms with Gasteiger partial charge in [-0.1, -0.05) is 20.3 Å². The average molecular weight is 250 g/mol. The van der Waals surface area contributed by atoms with Gasteiger partial charge in [-0.15, -0.1) is 0 Å². The molecule has 0 saturated carbocycles. The topological polar surface area (TPSA) is 67.2 Å². The van der Waals surface area contributed by atoms with Gasteiger partial charge in [0.25, 0.3) is 5.91 Å². The van der Waals surface area contributed by atoms with Crippen LogP contribution in [0.1, 0.15) is 20.3 Å². The van der Waals surface area contributed by atoms with Gasteiger partial charge in [0.05, 0.1) is 0 Å². The van der Waals surface area contributed by atoms with Gasteiger partial charge in [0, 0.05) is 19.3 Å². The van der Waals surface area contributed by atoms with Crippen LogP contribution in [0, 0.1) is 5.92 Å². The summed E-state index contributed by atoms with van der Waals surface area (Å²) in [5.41, 5.74) is 0. The summed E-state index contributed by atoms with van der Waals surface area (Å²) in [7, 11) is 1.78. The zero-order chi connectivity index (χ0) is 13.3. The van der Waals surface area contributed by atoms with Crippen molar-refractivity contribution >= 4 is 17.6 Å². The van der Waals surface area contributed by atoms with Crippen molar-refractivity contribution in [1.29, 1.82) is 0 Å². The minimum Gasteiger partial charge on any atom is -0.342 e. The Labute approximate surface area is 106 Å². The Hall–Kier alpha value is -1.85. The molecule has 0 spiro atoms. The first-order chi connectivity index (χ1) is 8.52. The lowest BCUT2D eigenvalue weighted by atomic mass is 9.96. The minimum atomic E-state index is -0.446. The average Bonchev–Trinajstić information content (AvgIpc) is 2.77. The highest BCUT2D eigenvalue weighted by molar-refractivity contribution is 6.06. The number of carbonyl (C=O) groups is 2. The molecule has 1 aromatic rings. The van der Waals surface area contributed by atoms with Gasteiger partial charge in [0.2, 0.25) is 5.91 Å². The van der Waals surface area contributed by atoms with Crippen LogP contribution in [-0.2, 0) is 16.6 Å². The van der Waals surface area contributed by atoms with Crippen LogP contribution in [0.3, 0.4) is 0 Å². The molecule has 0 bridgehead atoms. The van der Waals surface area contributed by atoms with Crippen molar-refractivity contribution < 1.29 is 9.59 Å². The highest BCUT2D eigenvalue weighted by Gasteiger charge is 2.36. The third kappa shape index (κ3) is 2.23. The van der Waals surface area contributed by atoms with Crippen molar-refractivity contribution in [2.24, 2.45) is 13.0 Å². The van der Waals surface area contributed by atoms with E-state index in [1.807, 2.05) is 13.8 Å². The summed E-state index contributed by atoms with van der Waals surface area (Å²) < 4.78 is 1.62. The molecule has 98 valence electrons. The molecule has 1 aromatic heterocycles. The molecule has 18 heavy (non-hydrogen) atoms. The number of aromatic nitrogens is 2. The summed E-state index contributed by atoms with van der Waals surface area (Å²) in [6.07, 6.45) is 2.60. The van der Waals surface area contributed by atoms with Crippen LogP contribution in [0.25, 0.3) is 0 Å². The predicted octanol–water partition coefficient (Wildman–Crippen LogP) is 0.298. The van der Waals surface area contributed by atoms with E-state index in [1.165, 1.54) is 4.90 Å². The second kappa shape index (κ2) is 4.80. The third-order valence-electron chi connectivity index (χ3n) is 3.34. The summed E-state index contributed by atoms with van der Waals surface area (Å²) in [5, 5.41) is 6.94. The fourth-order valence-corrected chi connectivity index (χ4v) is 2.03. The molecule has 2 unspecified atom stereocenters. The van der Waals surface area contributed by atoms with Gasteiger partial charge in [0.1, 0.15) is 12.6 Å². The van der Waals surface area contributed by atoms with Crippen LogP contribution in [0.4, 0.5) is 5.82 Å². The van der Waals surface area contributed by atoms with Crippen molar-refractivity contribution in [1.82, 2.24) is 15.1 Å². The zero-order valence-electron chi connectivity index (χ0n) is 10.9. The van der Waals surface area contributed by atoms with Crippen molar-refractivity contribution in [2.75, 3.05) is 11.4 Å². The van der Waals surface area contributed by atoms with Crippen LogP contribution >= 0.6 is 0 Å². The summed E-state index contributed by atoms with van der Waals surface area (Å²) in [6.45, 7) is 4.01. The van der Waals surface area contributed by atoms with Crippen LogP contribution in [0.2, 0.25) is 0 Å². The molecule has 2 amide bonds. The van der Waals surface area contributed by atoms with E-state index in [2.05, 4.69) is 10.4 Å². The number of hydrogen-bond donors (Lipinski definition) is 1. The number of anilines is 1. The van der Waals surface area contributed by atoms with E-state index in [0.29, 0.717) is 5.82 Å². The first-order valence-electron chi connectivity index (χ1n) is 6.13. The Kier molecular flexibility index (Phi) is 3.36. The van der Waals surface area contributed by atoms with E-state index < -0.39 is 6.04 Å². The normalized spacial score (nSPS) is 21.9. The van der Waals surface area contributed by atoms with Crippen molar-refractivity contribution in [3.8, 4) is 0 Å². The number of hydrogen-bond acceptors (Lipinski definition) is 3. The standard InChI is InChI=1S/C12H18N4O2/c1-4-8(2)11-12(18)16(7-10(17)13-11)9-5-6-15(3)14-9/h5-6,8,11H,4,7H2,1-3H3,(H,13,17). The molecule has 6 heteroatoms. The number of rotatable bonds is 3. The first-order valence-corrected chi connectivity index (χ1v) is 6.13. The maximum Gasteiger partial charge on any atom is 0.251 e. The lowest BCUT2D eigenvalue weighted by Crippen LogP contribution is -2.60. The van der Waals surface area contributed by atoms with Crippen LogP contribution in [0.15, 0.2) is 12.3 Å². The van der Waals surface area contributed by atoms with Crippen molar-refractivity contribution in [3.05, 3.63) is 12.3 Å². The third-order valence-corrected chi connectivity index (χ3v) is 3.34. The minimum absolute atomic E-state index is 0.0444. The number of amides is 2. The highest BCUT2D eigenvalue weighted by Crippen LogP contribution is 2.19. The fraction of sp³-hybridized carbons (Fsp3) is 0.583. The smallest absolute Gasteiger partial charge is 0.251 e. The SMILES string of the molecule is CCC(C)C1NC(=O)CN(c2ccn(C)n2)C1=O. The Morgan fingerprint density at radius 3 is 2.83 bits per heavy atom. The lowest BCUT2D eigenvalue weighted by molar-refractivity contribution is -0.132. The second-order valence-corrected chi connectivity index (χ2v) is 4.70. The predicted molar refractivity (Wildman–Crippen MR) is 66.9 cm³/mol. The van der Waals surface area contributed by atoms with E-state index in [-0.39, 0.29) is 24.3 Å². The summed E-state index contributed by atoms with van der Waals surface area (Å²) in [6, 6.07) is 1.29. The van der Waals surface area contributed by atoms with Gasteiger partial charge in [-0.2, -0.15) is 5.10 Å². The van der Waals surface area contributed by atoms with Crippen LogP contribution in [0.5, 0.6) is 0 Å². The Balaban J connectivity index is 2.25. The van der Waals surface area contributed by atoms with Gasteiger partial charge >= 0.3 is 0 Å². The fourth-order valence-electron chi connectivity index (χ4n) is 2.03. The van der Waals surface area contributed by atoms with Gasteiger partial charge in [-0.05, 0) is 5.92 Å². The van der Waals surface area contributed by atoms with Crippen molar-refractivity contribution in [3.63, 3.8) is 0 Å². The number of carbonyl (C=O) groups excluding carboxylic acids is 2. The van der Waals surface area contributed by atoms with E-state index >= 15 is 0 Å². The van der Waals surface area contributed by atoms with Gasteiger partial charge in [-0.25, -0.2) is 0 Å². The highest BCUT2D eigenvalue weighted by atomic mass is 16.2. The molecule has 0 aliphatic carbocycles. The Bertz CT molecular complexity index is 468. The van der Waals surface area contributed by atoms with E-state index in [0.717, 1.165) is 6.42 Å².